The molecular formula is C15H17NO3. The summed E-state index contributed by atoms with van der Waals surface area (Å²) in [6.45, 7) is 0.643. The topological polar surface area (TPSA) is 57.6 Å². The third-order valence-electron chi connectivity index (χ3n) is 3.98. The normalized spacial score (nSPS) is 21.9. The van der Waals surface area contributed by atoms with E-state index in [4.69, 9.17) is 5.11 Å². The van der Waals surface area contributed by atoms with Crippen molar-refractivity contribution in [3.05, 3.63) is 29.8 Å². The van der Waals surface area contributed by atoms with Crippen LogP contribution < -0.4 is 4.90 Å². The van der Waals surface area contributed by atoms with E-state index in [0.717, 1.165) is 30.5 Å². The average molecular weight is 259 g/mol. The lowest BCUT2D eigenvalue weighted by Gasteiger charge is -2.34. The fourth-order valence-corrected chi connectivity index (χ4v) is 2.84. The van der Waals surface area contributed by atoms with E-state index in [1.54, 1.807) is 0 Å². The Labute approximate surface area is 112 Å². The number of carboxylic acids is 1. The van der Waals surface area contributed by atoms with Gasteiger partial charge >= 0.3 is 5.97 Å². The molecule has 1 N–H and O–H groups in total. The molecule has 1 atom stereocenters. The van der Waals surface area contributed by atoms with Gasteiger partial charge in [0.05, 0.1) is 6.42 Å². The molecule has 1 aromatic carbocycles. The van der Waals surface area contributed by atoms with Gasteiger partial charge in [0, 0.05) is 18.2 Å². The molecule has 1 aromatic rings. The number of fused-ring (bicyclic) bond motifs is 1. The maximum Gasteiger partial charge on any atom is 0.303 e. The highest BCUT2D eigenvalue weighted by molar-refractivity contribution is 5.97. The molecule has 2 aliphatic rings. The van der Waals surface area contributed by atoms with Crippen LogP contribution in [0.2, 0.25) is 0 Å². The summed E-state index contributed by atoms with van der Waals surface area (Å²) >= 11 is 0. The van der Waals surface area contributed by atoms with Crippen LogP contribution >= 0.6 is 0 Å². The van der Waals surface area contributed by atoms with Crippen molar-refractivity contribution in [1.82, 2.24) is 0 Å². The fourth-order valence-electron chi connectivity index (χ4n) is 2.84. The van der Waals surface area contributed by atoms with Crippen molar-refractivity contribution in [3.63, 3.8) is 0 Å². The van der Waals surface area contributed by atoms with E-state index in [2.05, 4.69) is 0 Å². The lowest BCUT2D eigenvalue weighted by atomic mass is 9.87. The molecule has 1 saturated carbocycles. The van der Waals surface area contributed by atoms with E-state index < -0.39 is 5.97 Å². The second-order valence-electron chi connectivity index (χ2n) is 5.41. The van der Waals surface area contributed by atoms with Gasteiger partial charge in [-0.05, 0) is 36.8 Å². The summed E-state index contributed by atoms with van der Waals surface area (Å²) in [5.74, 6) is -0.343. The summed E-state index contributed by atoms with van der Waals surface area (Å²) in [7, 11) is 0. The number of amides is 1. The van der Waals surface area contributed by atoms with Crippen molar-refractivity contribution >= 4 is 17.6 Å². The van der Waals surface area contributed by atoms with Crippen molar-refractivity contribution in [2.24, 2.45) is 5.92 Å². The predicted octanol–water partition coefficient (Wildman–Crippen LogP) is 2.39. The summed E-state index contributed by atoms with van der Waals surface area (Å²) < 4.78 is 0. The van der Waals surface area contributed by atoms with Gasteiger partial charge < -0.3 is 10.0 Å². The highest BCUT2D eigenvalue weighted by Crippen LogP contribution is 2.40. The number of carboxylic acid groups (broad SMARTS) is 1. The second-order valence-corrected chi connectivity index (χ2v) is 5.41. The average Bonchev–Trinajstić information content (AvgIpc) is 3.22. The Morgan fingerprint density at radius 3 is 2.63 bits per heavy atom. The Bertz CT molecular complexity index is 522. The maximum atomic E-state index is 12.3. The third-order valence-corrected chi connectivity index (χ3v) is 3.98. The SMILES string of the molecule is O=C(O)CC1CCN(C(=O)C2CC2)c2ccccc21. The van der Waals surface area contributed by atoms with E-state index in [-0.39, 0.29) is 24.2 Å². The third kappa shape index (κ3) is 2.35. The first kappa shape index (κ1) is 12.2. The quantitative estimate of drug-likeness (QED) is 0.906. The zero-order chi connectivity index (χ0) is 13.4. The number of para-hydroxylation sites is 1. The number of anilines is 1. The first-order valence-corrected chi connectivity index (χ1v) is 6.79. The largest absolute Gasteiger partial charge is 0.481 e. The molecule has 100 valence electrons. The van der Waals surface area contributed by atoms with Crippen LogP contribution in [0.25, 0.3) is 0 Å². The van der Waals surface area contributed by atoms with E-state index in [1.165, 1.54) is 0 Å². The lowest BCUT2D eigenvalue weighted by molar-refractivity contribution is -0.137. The number of benzene rings is 1. The van der Waals surface area contributed by atoms with Gasteiger partial charge in [0.1, 0.15) is 0 Å². The molecule has 0 bridgehead atoms. The molecule has 4 heteroatoms. The molecule has 0 spiro atoms. The summed E-state index contributed by atoms with van der Waals surface area (Å²) in [5.41, 5.74) is 1.92. The standard InChI is InChI=1S/C15H17NO3/c17-14(18)9-11-7-8-16(15(19)10-5-6-10)13-4-2-1-3-12(11)13/h1-4,10-11H,5-9H2,(H,17,18). The molecule has 3 rings (SSSR count). The van der Waals surface area contributed by atoms with Crippen molar-refractivity contribution in [2.45, 2.75) is 31.6 Å². The minimum Gasteiger partial charge on any atom is -0.481 e. The zero-order valence-electron chi connectivity index (χ0n) is 10.7. The summed E-state index contributed by atoms with van der Waals surface area (Å²) in [4.78, 5) is 25.0. The molecule has 0 aromatic heterocycles. The van der Waals surface area contributed by atoms with Gasteiger partial charge in [0.2, 0.25) is 5.91 Å². The van der Waals surface area contributed by atoms with Gasteiger partial charge in [-0.25, -0.2) is 0 Å². The summed E-state index contributed by atoms with van der Waals surface area (Å²) in [5, 5.41) is 8.98. The van der Waals surface area contributed by atoms with E-state index in [9.17, 15) is 9.59 Å². The molecule has 4 nitrogen and oxygen atoms in total. The Morgan fingerprint density at radius 2 is 1.95 bits per heavy atom. The maximum absolute atomic E-state index is 12.3. The number of hydrogen-bond donors (Lipinski definition) is 1. The van der Waals surface area contributed by atoms with Crippen LogP contribution in [0.15, 0.2) is 24.3 Å². The number of nitrogens with zero attached hydrogens (tertiary/aromatic N) is 1. The van der Waals surface area contributed by atoms with E-state index >= 15 is 0 Å². The predicted molar refractivity (Wildman–Crippen MR) is 71.1 cm³/mol. The number of aliphatic carboxylic acids is 1. The van der Waals surface area contributed by atoms with Crippen molar-refractivity contribution in [3.8, 4) is 0 Å². The monoisotopic (exact) mass is 259 g/mol. The van der Waals surface area contributed by atoms with Crippen molar-refractivity contribution in [1.29, 1.82) is 0 Å². The number of carbonyl (C=O) groups excluding carboxylic acids is 1. The highest BCUT2D eigenvalue weighted by atomic mass is 16.4. The summed E-state index contributed by atoms with van der Waals surface area (Å²) in [6.07, 6.45) is 2.87. The molecule has 1 aliphatic heterocycles. The molecule has 1 aliphatic carbocycles. The molecule has 1 heterocycles. The molecule has 1 unspecified atom stereocenters. The molecule has 1 fully saturated rings. The molecule has 0 saturated heterocycles. The Hall–Kier alpha value is -1.84. The molecule has 1 amide bonds. The van der Waals surface area contributed by atoms with Gasteiger partial charge in [-0.15, -0.1) is 0 Å². The first-order chi connectivity index (χ1) is 9.16. The first-order valence-electron chi connectivity index (χ1n) is 6.79. The van der Waals surface area contributed by atoms with Gasteiger partial charge in [-0.1, -0.05) is 18.2 Å². The fraction of sp³-hybridized carbons (Fsp3) is 0.467. The Balaban J connectivity index is 1.91. The van der Waals surface area contributed by atoms with E-state index in [1.807, 2.05) is 29.2 Å². The summed E-state index contributed by atoms with van der Waals surface area (Å²) in [6, 6.07) is 7.72. The van der Waals surface area contributed by atoms with Gasteiger partial charge in [0.15, 0.2) is 0 Å². The lowest BCUT2D eigenvalue weighted by Crippen LogP contribution is -2.38. The Morgan fingerprint density at radius 1 is 1.21 bits per heavy atom. The van der Waals surface area contributed by atoms with Crippen LogP contribution in [0, 0.1) is 5.92 Å². The van der Waals surface area contributed by atoms with Gasteiger partial charge in [0.25, 0.3) is 0 Å². The minimum atomic E-state index is -0.776. The zero-order valence-corrected chi connectivity index (χ0v) is 10.7. The van der Waals surface area contributed by atoms with Gasteiger partial charge in [-0.2, -0.15) is 0 Å². The smallest absolute Gasteiger partial charge is 0.303 e. The number of rotatable bonds is 3. The Kier molecular flexibility index (Phi) is 3.01. The van der Waals surface area contributed by atoms with Crippen LogP contribution in [0.5, 0.6) is 0 Å². The highest BCUT2D eigenvalue weighted by Gasteiger charge is 2.37. The van der Waals surface area contributed by atoms with Crippen LogP contribution in [0.1, 0.15) is 37.2 Å². The van der Waals surface area contributed by atoms with Crippen molar-refractivity contribution < 1.29 is 14.7 Å². The minimum absolute atomic E-state index is 0.0250. The molecular weight excluding hydrogens is 242 g/mol. The van der Waals surface area contributed by atoms with Crippen LogP contribution in [-0.4, -0.2) is 23.5 Å². The van der Waals surface area contributed by atoms with Crippen LogP contribution in [-0.2, 0) is 9.59 Å². The van der Waals surface area contributed by atoms with Crippen LogP contribution in [0.4, 0.5) is 5.69 Å². The van der Waals surface area contributed by atoms with Crippen molar-refractivity contribution in [2.75, 3.05) is 11.4 Å². The molecule has 0 radical (unpaired) electrons. The number of hydrogen-bond acceptors (Lipinski definition) is 2. The van der Waals surface area contributed by atoms with Gasteiger partial charge in [-0.3, -0.25) is 9.59 Å². The second kappa shape index (κ2) is 4.68. The van der Waals surface area contributed by atoms with E-state index in [0.29, 0.717) is 6.54 Å². The molecule has 19 heavy (non-hydrogen) atoms. The number of carbonyl (C=O) groups is 2. The van der Waals surface area contributed by atoms with Crippen LogP contribution in [0.3, 0.4) is 0 Å².